The number of halogens is 3. The molecule has 1 heterocycles. The zero-order chi connectivity index (χ0) is 12.4. The molecule has 0 aliphatic carbocycles. The maximum atomic E-state index is 13.7. The van der Waals surface area contributed by atoms with E-state index in [0.717, 1.165) is 0 Å². The zero-order valence-electron chi connectivity index (χ0n) is 8.97. The summed E-state index contributed by atoms with van der Waals surface area (Å²) in [5.74, 6) is -1.22. The van der Waals surface area contributed by atoms with Crippen LogP contribution >= 0.6 is 15.9 Å². The number of aryl methyl sites for hydroxylation is 1. The van der Waals surface area contributed by atoms with Crippen LogP contribution in [0.25, 0.3) is 0 Å². The van der Waals surface area contributed by atoms with Crippen LogP contribution in [-0.2, 0) is 0 Å². The Morgan fingerprint density at radius 2 is 2.00 bits per heavy atom. The molecule has 0 saturated carbocycles. The van der Waals surface area contributed by atoms with Crippen molar-refractivity contribution < 1.29 is 8.78 Å². The number of rotatable bonds is 2. The molecule has 0 aliphatic rings. The molecule has 17 heavy (non-hydrogen) atoms. The SMILES string of the molecule is Cc1ccc(F)c(Nc2ccncc2Br)c1F. The van der Waals surface area contributed by atoms with Crippen LogP contribution in [0.15, 0.2) is 35.1 Å². The number of hydrogen-bond donors (Lipinski definition) is 1. The molecule has 1 N–H and O–H groups in total. The van der Waals surface area contributed by atoms with E-state index in [4.69, 9.17) is 0 Å². The summed E-state index contributed by atoms with van der Waals surface area (Å²) in [6.07, 6.45) is 3.09. The summed E-state index contributed by atoms with van der Waals surface area (Å²) in [6.45, 7) is 1.58. The van der Waals surface area contributed by atoms with Gasteiger partial charge in [-0.1, -0.05) is 6.07 Å². The lowest BCUT2D eigenvalue weighted by Gasteiger charge is -2.11. The number of aromatic nitrogens is 1. The summed E-state index contributed by atoms with van der Waals surface area (Å²) < 4.78 is 27.9. The van der Waals surface area contributed by atoms with Crippen molar-refractivity contribution in [3.8, 4) is 0 Å². The van der Waals surface area contributed by atoms with E-state index < -0.39 is 11.6 Å². The second-order valence-electron chi connectivity index (χ2n) is 3.53. The molecule has 0 atom stereocenters. The summed E-state index contributed by atoms with van der Waals surface area (Å²) >= 11 is 3.25. The average Bonchev–Trinajstić information content (AvgIpc) is 2.32. The van der Waals surface area contributed by atoms with Crippen molar-refractivity contribution in [3.05, 3.63) is 52.3 Å². The van der Waals surface area contributed by atoms with E-state index in [2.05, 4.69) is 26.2 Å². The first-order chi connectivity index (χ1) is 8.09. The Bertz CT molecular complexity index is 558. The van der Waals surface area contributed by atoms with Gasteiger partial charge in [-0.05, 0) is 40.5 Å². The molecule has 0 aliphatic heterocycles. The van der Waals surface area contributed by atoms with Gasteiger partial charge in [-0.25, -0.2) is 8.78 Å². The highest BCUT2D eigenvalue weighted by Crippen LogP contribution is 2.29. The molecule has 2 aromatic rings. The van der Waals surface area contributed by atoms with Gasteiger partial charge >= 0.3 is 0 Å². The minimum Gasteiger partial charge on any atom is -0.350 e. The van der Waals surface area contributed by atoms with Crippen LogP contribution in [0.5, 0.6) is 0 Å². The number of anilines is 2. The number of nitrogens with one attached hydrogen (secondary N) is 1. The van der Waals surface area contributed by atoms with Crippen molar-refractivity contribution in [3.63, 3.8) is 0 Å². The Hall–Kier alpha value is -1.49. The highest BCUT2D eigenvalue weighted by atomic mass is 79.9. The molecule has 0 spiro atoms. The van der Waals surface area contributed by atoms with Crippen molar-refractivity contribution >= 4 is 27.3 Å². The first kappa shape index (κ1) is 12.0. The molecule has 88 valence electrons. The summed E-state index contributed by atoms with van der Waals surface area (Å²) in [4.78, 5) is 3.87. The first-order valence-electron chi connectivity index (χ1n) is 4.90. The third kappa shape index (κ3) is 2.44. The Labute approximate surface area is 106 Å². The van der Waals surface area contributed by atoms with Gasteiger partial charge in [0.05, 0.1) is 10.2 Å². The predicted octanol–water partition coefficient (Wildman–Crippen LogP) is 4.17. The van der Waals surface area contributed by atoms with Crippen LogP contribution in [-0.4, -0.2) is 4.98 Å². The van der Waals surface area contributed by atoms with E-state index in [-0.39, 0.29) is 5.69 Å². The molecule has 1 aromatic heterocycles. The molecule has 0 fully saturated rings. The van der Waals surface area contributed by atoms with Crippen molar-refractivity contribution in [1.29, 1.82) is 0 Å². The van der Waals surface area contributed by atoms with E-state index in [1.54, 1.807) is 25.4 Å². The Morgan fingerprint density at radius 1 is 1.24 bits per heavy atom. The topological polar surface area (TPSA) is 24.9 Å². The second kappa shape index (κ2) is 4.79. The highest BCUT2D eigenvalue weighted by molar-refractivity contribution is 9.10. The monoisotopic (exact) mass is 298 g/mol. The fraction of sp³-hybridized carbons (Fsp3) is 0.0833. The Balaban J connectivity index is 2.43. The first-order valence-corrected chi connectivity index (χ1v) is 5.70. The summed E-state index contributed by atoms with van der Waals surface area (Å²) in [7, 11) is 0. The van der Waals surface area contributed by atoms with Crippen LogP contribution in [0, 0.1) is 18.6 Å². The van der Waals surface area contributed by atoms with Crippen molar-refractivity contribution in [2.24, 2.45) is 0 Å². The minimum absolute atomic E-state index is 0.156. The minimum atomic E-state index is -0.628. The van der Waals surface area contributed by atoms with E-state index in [9.17, 15) is 8.78 Å². The Morgan fingerprint density at radius 3 is 2.71 bits per heavy atom. The second-order valence-corrected chi connectivity index (χ2v) is 4.39. The zero-order valence-corrected chi connectivity index (χ0v) is 10.6. The maximum Gasteiger partial charge on any atom is 0.152 e. The lowest BCUT2D eigenvalue weighted by molar-refractivity contribution is 0.585. The molecular formula is C12H9BrF2N2. The summed E-state index contributed by atoms with van der Waals surface area (Å²) in [6, 6.07) is 4.26. The van der Waals surface area contributed by atoms with Crippen molar-refractivity contribution in [2.45, 2.75) is 6.92 Å². The van der Waals surface area contributed by atoms with Crippen LogP contribution in [0.1, 0.15) is 5.56 Å². The van der Waals surface area contributed by atoms with Gasteiger partial charge in [0, 0.05) is 12.4 Å². The van der Waals surface area contributed by atoms with Gasteiger partial charge in [0.15, 0.2) is 5.82 Å². The van der Waals surface area contributed by atoms with E-state index in [0.29, 0.717) is 15.7 Å². The smallest absolute Gasteiger partial charge is 0.152 e. The van der Waals surface area contributed by atoms with Gasteiger partial charge < -0.3 is 5.32 Å². The quantitative estimate of drug-likeness (QED) is 0.900. The van der Waals surface area contributed by atoms with E-state index in [1.165, 1.54) is 12.1 Å². The molecule has 5 heteroatoms. The predicted molar refractivity (Wildman–Crippen MR) is 66.3 cm³/mol. The van der Waals surface area contributed by atoms with Gasteiger partial charge in [-0.2, -0.15) is 0 Å². The summed E-state index contributed by atoms with van der Waals surface area (Å²) in [5.41, 5.74) is 0.791. The fourth-order valence-corrected chi connectivity index (χ4v) is 1.73. The molecule has 0 saturated heterocycles. The summed E-state index contributed by atoms with van der Waals surface area (Å²) in [5, 5.41) is 2.71. The number of pyridine rings is 1. The molecule has 1 aromatic carbocycles. The van der Waals surface area contributed by atoms with E-state index in [1.807, 2.05) is 0 Å². The Kier molecular flexibility index (Phi) is 3.38. The molecule has 0 bridgehead atoms. The third-order valence-electron chi connectivity index (χ3n) is 2.32. The maximum absolute atomic E-state index is 13.7. The average molecular weight is 299 g/mol. The highest BCUT2D eigenvalue weighted by Gasteiger charge is 2.12. The molecule has 0 amide bonds. The molecule has 2 rings (SSSR count). The molecule has 0 radical (unpaired) electrons. The van der Waals surface area contributed by atoms with E-state index >= 15 is 0 Å². The fourth-order valence-electron chi connectivity index (χ4n) is 1.38. The van der Waals surface area contributed by atoms with Crippen LogP contribution in [0.3, 0.4) is 0 Å². The van der Waals surface area contributed by atoms with Crippen LogP contribution < -0.4 is 5.32 Å². The third-order valence-corrected chi connectivity index (χ3v) is 2.95. The molecule has 2 nitrogen and oxygen atoms in total. The van der Waals surface area contributed by atoms with Crippen LogP contribution in [0.2, 0.25) is 0 Å². The number of nitrogens with zero attached hydrogens (tertiary/aromatic N) is 1. The van der Waals surface area contributed by atoms with Gasteiger partial charge in [-0.3, -0.25) is 4.98 Å². The van der Waals surface area contributed by atoms with Gasteiger partial charge in [0.25, 0.3) is 0 Å². The lowest BCUT2D eigenvalue weighted by atomic mass is 10.2. The van der Waals surface area contributed by atoms with Gasteiger partial charge in [0.2, 0.25) is 0 Å². The van der Waals surface area contributed by atoms with Gasteiger partial charge in [0.1, 0.15) is 11.5 Å². The van der Waals surface area contributed by atoms with Crippen LogP contribution in [0.4, 0.5) is 20.2 Å². The van der Waals surface area contributed by atoms with Gasteiger partial charge in [-0.15, -0.1) is 0 Å². The number of hydrogen-bond acceptors (Lipinski definition) is 2. The largest absolute Gasteiger partial charge is 0.350 e. The molecular weight excluding hydrogens is 290 g/mol. The van der Waals surface area contributed by atoms with Crippen molar-refractivity contribution in [2.75, 3.05) is 5.32 Å². The molecule has 0 unspecified atom stereocenters. The lowest BCUT2D eigenvalue weighted by Crippen LogP contribution is -2.00. The number of benzene rings is 1. The standard InChI is InChI=1S/C12H9BrF2N2/c1-7-2-3-9(14)12(11(7)15)17-10-4-5-16-6-8(10)13/h2-6H,1H3,(H,16,17). The van der Waals surface area contributed by atoms with Crippen molar-refractivity contribution in [1.82, 2.24) is 4.98 Å². The normalized spacial score (nSPS) is 10.4.